The first-order valence-corrected chi connectivity index (χ1v) is 18.6. The SMILES string of the molecule is O=S(=O)([O-])c1ccccc1.[C-]#[N+]c1ccc(-n2nccc2-c2c(C(=O)NC3CCN(C(=O)C[N+](C)(C)C)CC3)c(=O)n(-c3cccc(C(F)(F)F)c3)n2C)cc1. The molecule has 3 heterocycles. The molecule has 3 aromatic carbocycles. The topological polar surface area (TPSA) is 156 Å². The number of halogens is 3. The Bertz CT molecular complexity index is 2420. The highest BCUT2D eigenvalue weighted by Gasteiger charge is 2.34. The van der Waals surface area contributed by atoms with Gasteiger partial charge in [-0.25, -0.2) is 22.6 Å². The fraction of sp³-hybridized carbons (Fsp3) is 0.289. The Morgan fingerprint density at radius 3 is 2.16 bits per heavy atom. The summed E-state index contributed by atoms with van der Waals surface area (Å²) in [7, 11) is 3.04. The molecule has 14 nitrogen and oxygen atoms in total. The highest BCUT2D eigenvalue weighted by atomic mass is 32.2. The Balaban J connectivity index is 0.000000522. The number of hydrogen-bond donors (Lipinski definition) is 1. The van der Waals surface area contributed by atoms with Gasteiger partial charge in [0.2, 0.25) is 0 Å². The second-order valence-corrected chi connectivity index (χ2v) is 15.4. The van der Waals surface area contributed by atoms with Crippen molar-refractivity contribution >= 4 is 27.6 Å². The van der Waals surface area contributed by atoms with Gasteiger partial charge in [-0.05, 0) is 61.4 Å². The molecular formula is C38H39F3N8O6S. The van der Waals surface area contributed by atoms with E-state index in [0.29, 0.717) is 54.0 Å². The van der Waals surface area contributed by atoms with Crippen molar-refractivity contribution in [3.8, 4) is 22.8 Å². The third kappa shape index (κ3) is 9.60. The minimum absolute atomic E-state index is 0.0179. The minimum atomic E-state index is -4.65. The molecule has 294 valence electrons. The second-order valence-electron chi connectivity index (χ2n) is 14.0. The van der Waals surface area contributed by atoms with Gasteiger partial charge in [0.05, 0.1) is 61.4 Å². The average molecular weight is 793 g/mol. The van der Waals surface area contributed by atoms with Crippen LogP contribution in [0.4, 0.5) is 18.9 Å². The zero-order chi connectivity index (χ0) is 41.0. The van der Waals surface area contributed by atoms with Crippen LogP contribution >= 0.6 is 0 Å². The van der Waals surface area contributed by atoms with E-state index < -0.39 is 33.3 Å². The number of alkyl halides is 3. The van der Waals surface area contributed by atoms with Gasteiger partial charge in [-0.1, -0.05) is 36.4 Å². The van der Waals surface area contributed by atoms with Crippen LogP contribution in [0.25, 0.3) is 27.6 Å². The maximum atomic E-state index is 14.0. The molecule has 1 N–H and O–H groups in total. The van der Waals surface area contributed by atoms with Crippen molar-refractivity contribution in [2.24, 2.45) is 7.05 Å². The Kier molecular flexibility index (Phi) is 12.0. The lowest BCUT2D eigenvalue weighted by molar-refractivity contribution is -0.862. The lowest BCUT2D eigenvalue weighted by Crippen LogP contribution is -2.51. The molecule has 1 fully saturated rings. The van der Waals surface area contributed by atoms with Gasteiger partial charge in [0.1, 0.15) is 21.4 Å². The van der Waals surface area contributed by atoms with Gasteiger partial charge in [-0.3, -0.25) is 19.1 Å². The number of benzene rings is 3. The highest BCUT2D eigenvalue weighted by Crippen LogP contribution is 2.32. The molecule has 0 unspecified atom stereocenters. The monoisotopic (exact) mass is 792 g/mol. The first-order chi connectivity index (χ1) is 26.3. The summed E-state index contributed by atoms with van der Waals surface area (Å²) in [4.78, 5) is 45.7. The van der Waals surface area contributed by atoms with E-state index in [1.54, 1.807) is 41.3 Å². The molecule has 0 aliphatic carbocycles. The molecule has 0 spiro atoms. The number of quaternary nitrogens is 1. The van der Waals surface area contributed by atoms with Gasteiger partial charge >= 0.3 is 6.18 Å². The predicted molar refractivity (Wildman–Crippen MR) is 199 cm³/mol. The summed E-state index contributed by atoms with van der Waals surface area (Å²) in [5, 5.41) is 7.32. The number of nitrogens with zero attached hydrogens (tertiary/aromatic N) is 7. The van der Waals surface area contributed by atoms with Crippen molar-refractivity contribution in [1.29, 1.82) is 0 Å². The maximum Gasteiger partial charge on any atom is 0.416 e. The summed E-state index contributed by atoms with van der Waals surface area (Å²) in [6.07, 6.45) is -2.21. The smallest absolute Gasteiger partial charge is 0.416 e. The molecule has 1 aliphatic heterocycles. The van der Waals surface area contributed by atoms with E-state index in [1.807, 2.05) is 21.1 Å². The number of nitrogens with one attached hydrogen (secondary N) is 1. The number of amides is 2. The number of likely N-dealkylation sites (tertiary alicyclic amines) is 1. The summed E-state index contributed by atoms with van der Waals surface area (Å²) in [5.74, 6) is -0.669. The van der Waals surface area contributed by atoms with E-state index in [1.165, 1.54) is 59.0 Å². The van der Waals surface area contributed by atoms with Gasteiger partial charge < -0.3 is 19.3 Å². The lowest BCUT2D eigenvalue weighted by atomic mass is 10.0. The maximum absolute atomic E-state index is 14.0. The first-order valence-electron chi connectivity index (χ1n) is 17.2. The number of carbonyl (C=O) groups is 2. The van der Waals surface area contributed by atoms with Crippen molar-refractivity contribution in [2.75, 3.05) is 40.8 Å². The van der Waals surface area contributed by atoms with Crippen LogP contribution in [0.5, 0.6) is 0 Å². The van der Waals surface area contributed by atoms with Crippen molar-refractivity contribution in [1.82, 2.24) is 29.4 Å². The molecule has 5 aromatic rings. The summed E-state index contributed by atoms with van der Waals surface area (Å²) in [6.45, 7) is 8.45. The molecule has 0 bridgehead atoms. The van der Waals surface area contributed by atoms with Crippen LogP contribution in [0.1, 0.15) is 28.8 Å². The fourth-order valence-electron chi connectivity index (χ4n) is 6.19. The van der Waals surface area contributed by atoms with Crippen molar-refractivity contribution in [3.63, 3.8) is 0 Å². The zero-order valence-electron chi connectivity index (χ0n) is 30.9. The summed E-state index contributed by atoms with van der Waals surface area (Å²) < 4.78 is 76.1. The molecular weight excluding hydrogens is 754 g/mol. The summed E-state index contributed by atoms with van der Waals surface area (Å²) in [5.41, 5.74) is -0.644. The third-order valence-electron chi connectivity index (χ3n) is 8.84. The predicted octanol–water partition coefficient (Wildman–Crippen LogP) is 4.62. The fourth-order valence-corrected chi connectivity index (χ4v) is 6.68. The Morgan fingerprint density at radius 1 is 0.964 bits per heavy atom. The molecule has 1 aliphatic rings. The van der Waals surface area contributed by atoms with Crippen LogP contribution in [0, 0.1) is 6.57 Å². The van der Waals surface area contributed by atoms with Gasteiger partial charge in [0.25, 0.3) is 17.4 Å². The number of rotatable bonds is 8. The molecule has 6 rings (SSSR count). The van der Waals surface area contributed by atoms with Crippen LogP contribution < -0.4 is 10.9 Å². The number of aromatic nitrogens is 4. The van der Waals surface area contributed by atoms with E-state index in [4.69, 9.17) is 6.57 Å². The van der Waals surface area contributed by atoms with Crippen LogP contribution in [-0.2, 0) is 28.1 Å². The molecule has 0 saturated carbocycles. The van der Waals surface area contributed by atoms with Gasteiger partial charge in [-0.15, -0.1) is 0 Å². The minimum Gasteiger partial charge on any atom is -0.744 e. The van der Waals surface area contributed by atoms with Crippen LogP contribution in [0.2, 0.25) is 0 Å². The number of likely N-dealkylation sites (N-methyl/N-ethyl adjacent to an activating group) is 1. The lowest BCUT2D eigenvalue weighted by Gasteiger charge is -2.34. The summed E-state index contributed by atoms with van der Waals surface area (Å²) >= 11 is 0. The van der Waals surface area contributed by atoms with E-state index in [-0.39, 0.29) is 33.8 Å². The number of hydrogen-bond acceptors (Lipinski definition) is 7. The molecule has 2 amide bonds. The molecule has 0 atom stereocenters. The largest absolute Gasteiger partial charge is 0.744 e. The zero-order valence-corrected chi connectivity index (χ0v) is 31.7. The first kappa shape index (κ1) is 41.1. The van der Waals surface area contributed by atoms with Crippen molar-refractivity contribution < 1.29 is 40.2 Å². The standard InChI is InChI=1S/C32H33F3N8O3.C6H6O3S/c1-36-22-9-11-24(12-10-22)41-26(13-16-37-41)29-28(30(45)38-23-14-17-40(18-15-23)27(44)20-43(3,4)5)31(46)42(39(29)2)25-8-6-7-21(19-25)32(33,34)35;7-10(8,9)6-4-2-1-3-5-6/h6-13,16,19,23H,14-15,17-18,20H2,2-5H3;1-5H,(H,7,8,9). The molecule has 18 heteroatoms. The van der Waals surface area contributed by atoms with Crippen molar-refractivity contribution in [3.05, 3.63) is 124 Å². The van der Waals surface area contributed by atoms with Crippen LogP contribution in [-0.4, -0.2) is 100 Å². The molecule has 1 saturated heterocycles. The van der Waals surface area contributed by atoms with E-state index in [2.05, 4.69) is 15.3 Å². The normalized spacial score (nSPS) is 13.7. The summed E-state index contributed by atoms with van der Waals surface area (Å²) in [6, 6.07) is 19.3. The Morgan fingerprint density at radius 2 is 1.61 bits per heavy atom. The van der Waals surface area contributed by atoms with E-state index >= 15 is 0 Å². The van der Waals surface area contributed by atoms with E-state index in [0.717, 1.165) is 16.8 Å². The Labute approximate surface area is 321 Å². The van der Waals surface area contributed by atoms with Gasteiger partial charge in [-0.2, -0.15) is 18.3 Å². The Hall–Kier alpha value is -6.03. The molecule has 56 heavy (non-hydrogen) atoms. The third-order valence-corrected chi connectivity index (χ3v) is 9.69. The van der Waals surface area contributed by atoms with Crippen LogP contribution in [0.15, 0.2) is 101 Å². The number of piperidine rings is 1. The van der Waals surface area contributed by atoms with Crippen molar-refractivity contribution in [2.45, 2.75) is 30.0 Å². The number of carbonyl (C=O) groups excluding carboxylic acids is 2. The average Bonchev–Trinajstić information content (AvgIpc) is 3.72. The second kappa shape index (κ2) is 16.4. The van der Waals surface area contributed by atoms with Gasteiger partial charge in [0, 0.05) is 26.2 Å². The van der Waals surface area contributed by atoms with Gasteiger partial charge in [0.15, 0.2) is 12.2 Å². The quantitative estimate of drug-likeness (QED) is 0.137. The molecule has 0 radical (unpaired) electrons. The highest BCUT2D eigenvalue weighted by molar-refractivity contribution is 7.85. The molecule has 2 aromatic heterocycles. The van der Waals surface area contributed by atoms with Crippen LogP contribution in [0.3, 0.4) is 0 Å². The van der Waals surface area contributed by atoms with E-state index in [9.17, 15) is 40.5 Å².